The molecule has 4 aliphatic rings. The molecule has 0 aromatic carbocycles. The van der Waals surface area contributed by atoms with E-state index in [2.05, 4.69) is 17.1 Å². The van der Waals surface area contributed by atoms with Crippen LogP contribution in [-0.2, 0) is 0 Å². The molecular weight excluding hydrogens is 232 g/mol. The van der Waals surface area contributed by atoms with Crippen molar-refractivity contribution in [3.63, 3.8) is 0 Å². The van der Waals surface area contributed by atoms with E-state index in [-0.39, 0.29) is 0 Å². The topological polar surface area (TPSA) is 15.3 Å². The Bertz CT molecular complexity index is 325. The molecule has 4 fully saturated rings. The van der Waals surface area contributed by atoms with Crippen molar-refractivity contribution >= 4 is 0 Å². The van der Waals surface area contributed by atoms with Crippen molar-refractivity contribution in [2.75, 3.05) is 19.6 Å². The van der Waals surface area contributed by atoms with Crippen molar-refractivity contribution < 1.29 is 0 Å². The van der Waals surface area contributed by atoms with Crippen molar-refractivity contribution in [3.8, 4) is 0 Å². The molecule has 0 spiro atoms. The smallest absolute Gasteiger partial charge is 0.0223 e. The molecule has 108 valence electrons. The SMILES string of the molecule is CC(C1CC2CCC1C2)N1CCCNC(C2CC2)C1. The van der Waals surface area contributed by atoms with E-state index in [9.17, 15) is 0 Å². The molecular formula is C17H30N2. The first-order valence-electron chi connectivity index (χ1n) is 8.78. The van der Waals surface area contributed by atoms with Crippen molar-refractivity contribution in [1.82, 2.24) is 10.2 Å². The summed E-state index contributed by atoms with van der Waals surface area (Å²) in [5.41, 5.74) is 0. The van der Waals surface area contributed by atoms with E-state index < -0.39 is 0 Å². The van der Waals surface area contributed by atoms with Crippen LogP contribution in [0.3, 0.4) is 0 Å². The van der Waals surface area contributed by atoms with E-state index >= 15 is 0 Å². The summed E-state index contributed by atoms with van der Waals surface area (Å²) in [6.07, 6.45) is 10.5. The Morgan fingerprint density at radius 3 is 2.58 bits per heavy atom. The Kier molecular flexibility index (Phi) is 3.35. The summed E-state index contributed by atoms with van der Waals surface area (Å²) in [7, 11) is 0. The lowest BCUT2D eigenvalue weighted by Crippen LogP contribution is -2.46. The second-order valence-electron chi connectivity index (χ2n) is 7.83. The fraction of sp³-hybridized carbons (Fsp3) is 1.00. The van der Waals surface area contributed by atoms with Crippen LogP contribution >= 0.6 is 0 Å². The highest BCUT2D eigenvalue weighted by Gasteiger charge is 2.44. The molecule has 5 unspecified atom stereocenters. The lowest BCUT2D eigenvalue weighted by atomic mass is 9.83. The van der Waals surface area contributed by atoms with Gasteiger partial charge in [0.1, 0.15) is 0 Å². The van der Waals surface area contributed by atoms with E-state index in [1.165, 1.54) is 45.3 Å². The monoisotopic (exact) mass is 262 g/mol. The molecule has 1 heterocycles. The normalized spacial score (nSPS) is 45.3. The first kappa shape index (κ1) is 12.6. The molecule has 19 heavy (non-hydrogen) atoms. The molecule has 1 N–H and O–H groups in total. The third-order valence-electron chi connectivity index (χ3n) is 6.64. The van der Waals surface area contributed by atoms with Crippen LogP contribution in [0, 0.1) is 23.7 Å². The van der Waals surface area contributed by atoms with Crippen LogP contribution in [0.1, 0.15) is 51.9 Å². The van der Waals surface area contributed by atoms with Gasteiger partial charge in [-0.3, -0.25) is 4.90 Å². The van der Waals surface area contributed by atoms with Crippen LogP contribution in [0.25, 0.3) is 0 Å². The third-order valence-corrected chi connectivity index (χ3v) is 6.64. The van der Waals surface area contributed by atoms with Crippen molar-refractivity contribution in [2.24, 2.45) is 23.7 Å². The van der Waals surface area contributed by atoms with Crippen molar-refractivity contribution in [1.29, 1.82) is 0 Å². The lowest BCUT2D eigenvalue weighted by molar-refractivity contribution is 0.115. The molecule has 4 rings (SSSR count). The van der Waals surface area contributed by atoms with E-state index in [0.29, 0.717) is 0 Å². The molecule has 2 bridgehead atoms. The van der Waals surface area contributed by atoms with E-state index in [4.69, 9.17) is 0 Å². The average molecular weight is 262 g/mol. The second kappa shape index (κ2) is 5.04. The van der Waals surface area contributed by atoms with Gasteiger partial charge in [0.15, 0.2) is 0 Å². The van der Waals surface area contributed by atoms with Crippen molar-refractivity contribution in [3.05, 3.63) is 0 Å². The first-order chi connectivity index (χ1) is 9.31. The summed E-state index contributed by atoms with van der Waals surface area (Å²) >= 11 is 0. The van der Waals surface area contributed by atoms with Gasteiger partial charge in [-0.05, 0) is 82.2 Å². The number of fused-ring (bicyclic) bond motifs is 2. The van der Waals surface area contributed by atoms with Crippen LogP contribution < -0.4 is 5.32 Å². The van der Waals surface area contributed by atoms with Crippen LogP contribution in [0.2, 0.25) is 0 Å². The summed E-state index contributed by atoms with van der Waals surface area (Å²) < 4.78 is 0. The molecule has 0 amide bonds. The Balaban J connectivity index is 1.41. The third kappa shape index (κ3) is 2.47. The van der Waals surface area contributed by atoms with Gasteiger partial charge in [0.05, 0.1) is 0 Å². The fourth-order valence-corrected chi connectivity index (χ4v) is 5.32. The number of rotatable bonds is 3. The quantitative estimate of drug-likeness (QED) is 0.841. The number of nitrogens with zero attached hydrogens (tertiary/aromatic N) is 1. The lowest BCUT2D eigenvalue weighted by Gasteiger charge is -2.37. The van der Waals surface area contributed by atoms with Gasteiger partial charge >= 0.3 is 0 Å². The standard InChI is InChI=1S/C17H30N2/c1-12(16-10-13-3-4-15(16)9-13)19-8-2-7-18-17(11-19)14-5-6-14/h12-18H,2-11H2,1H3. The predicted molar refractivity (Wildman–Crippen MR) is 79.1 cm³/mol. The Hall–Kier alpha value is -0.0800. The highest BCUT2D eigenvalue weighted by atomic mass is 15.2. The summed E-state index contributed by atoms with van der Waals surface area (Å²) in [4.78, 5) is 2.86. The summed E-state index contributed by atoms with van der Waals surface area (Å²) in [6, 6.07) is 1.65. The van der Waals surface area contributed by atoms with E-state index in [1.807, 2.05) is 0 Å². The highest BCUT2D eigenvalue weighted by molar-refractivity contribution is 4.97. The summed E-state index contributed by atoms with van der Waals surface area (Å²) in [5, 5.41) is 3.81. The zero-order valence-electron chi connectivity index (χ0n) is 12.5. The van der Waals surface area contributed by atoms with Crippen molar-refractivity contribution in [2.45, 2.75) is 64.0 Å². The van der Waals surface area contributed by atoms with Gasteiger partial charge in [-0.2, -0.15) is 0 Å². The number of hydrogen-bond donors (Lipinski definition) is 1. The van der Waals surface area contributed by atoms with Crippen LogP contribution in [0.4, 0.5) is 0 Å². The minimum Gasteiger partial charge on any atom is -0.312 e. The molecule has 1 saturated heterocycles. The molecule has 2 nitrogen and oxygen atoms in total. The second-order valence-corrected chi connectivity index (χ2v) is 7.83. The molecule has 3 aliphatic carbocycles. The fourth-order valence-electron chi connectivity index (χ4n) is 5.32. The Morgan fingerprint density at radius 2 is 1.89 bits per heavy atom. The summed E-state index contributed by atoms with van der Waals surface area (Å²) in [6.45, 7) is 6.47. The minimum absolute atomic E-state index is 0.809. The van der Waals surface area contributed by atoms with Gasteiger partial charge in [-0.15, -0.1) is 0 Å². The van der Waals surface area contributed by atoms with Crippen LogP contribution in [0.5, 0.6) is 0 Å². The van der Waals surface area contributed by atoms with Crippen LogP contribution in [0.15, 0.2) is 0 Å². The van der Waals surface area contributed by atoms with Gasteiger partial charge < -0.3 is 5.32 Å². The molecule has 1 aliphatic heterocycles. The molecule has 0 radical (unpaired) electrons. The zero-order valence-corrected chi connectivity index (χ0v) is 12.5. The van der Waals surface area contributed by atoms with E-state index in [0.717, 1.165) is 35.8 Å². The average Bonchev–Trinajstić information content (AvgIpc) is 3.12. The molecule has 0 aromatic heterocycles. The van der Waals surface area contributed by atoms with Gasteiger partial charge in [0.25, 0.3) is 0 Å². The largest absolute Gasteiger partial charge is 0.312 e. The first-order valence-corrected chi connectivity index (χ1v) is 8.78. The predicted octanol–water partition coefficient (Wildman–Crippen LogP) is 2.89. The molecule has 5 atom stereocenters. The Morgan fingerprint density at radius 1 is 1.05 bits per heavy atom. The van der Waals surface area contributed by atoms with Gasteiger partial charge in [-0.1, -0.05) is 6.42 Å². The zero-order chi connectivity index (χ0) is 12.8. The van der Waals surface area contributed by atoms with Crippen LogP contribution in [-0.4, -0.2) is 36.6 Å². The van der Waals surface area contributed by atoms with Gasteiger partial charge in [0.2, 0.25) is 0 Å². The Labute approximate surface area is 118 Å². The van der Waals surface area contributed by atoms with Gasteiger partial charge in [0, 0.05) is 18.6 Å². The maximum Gasteiger partial charge on any atom is 0.0223 e. The molecule has 3 saturated carbocycles. The maximum atomic E-state index is 3.81. The van der Waals surface area contributed by atoms with Gasteiger partial charge in [-0.25, -0.2) is 0 Å². The minimum atomic E-state index is 0.809. The maximum absolute atomic E-state index is 3.81. The molecule has 2 heteroatoms. The number of hydrogen-bond acceptors (Lipinski definition) is 2. The number of nitrogens with one attached hydrogen (secondary N) is 1. The van der Waals surface area contributed by atoms with E-state index in [1.54, 1.807) is 19.3 Å². The highest BCUT2D eigenvalue weighted by Crippen LogP contribution is 2.50. The summed E-state index contributed by atoms with van der Waals surface area (Å²) in [5.74, 6) is 4.21. The molecule has 0 aromatic rings.